The van der Waals surface area contributed by atoms with Crippen LogP contribution in [0.4, 0.5) is 0 Å². The molecule has 29 heavy (non-hydrogen) atoms. The van der Waals surface area contributed by atoms with Crippen LogP contribution in [0.1, 0.15) is 34.0 Å². The SMILES string of the molecule is CCOc1cc(C(=O)NCc2cccc(C#N)c2)ccc1OCc1ccncc1. The van der Waals surface area contributed by atoms with Gasteiger partial charge in [0.2, 0.25) is 0 Å². The van der Waals surface area contributed by atoms with E-state index in [1.807, 2.05) is 25.1 Å². The topological polar surface area (TPSA) is 84.2 Å². The van der Waals surface area contributed by atoms with Gasteiger partial charge in [0.05, 0.1) is 18.2 Å². The van der Waals surface area contributed by atoms with Crippen molar-refractivity contribution in [2.45, 2.75) is 20.1 Å². The van der Waals surface area contributed by atoms with Gasteiger partial charge in [-0.05, 0) is 60.5 Å². The number of benzene rings is 2. The summed E-state index contributed by atoms with van der Waals surface area (Å²) in [6.45, 7) is 3.04. The van der Waals surface area contributed by atoms with E-state index in [1.54, 1.807) is 48.8 Å². The molecule has 0 radical (unpaired) electrons. The number of nitrogens with zero attached hydrogens (tertiary/aromatic N) is 2. The van der Waals surface area contributed by atoms with Gasteiger partial charge in [-0.25, -0.2) is 0 Å². The molecule has 1 aromatic heterocycles. The Bertz CT molecular complexity index is 1010. The van der Waals surface area contributed by atoms with Crippen molar-refractivity contribution in [3.05, 3.63) is 89.2 Å². The van der Waals surface area contributed by atoms with Gasteiger partial charge in [-0.15, -0.1) is 0 Å². The van der Waals surface area contributed by atoms with Crippen molar-refractivity contribution in [2.24, 2.45) is 0 Å². The third-order valence-corrected chi connectivity index (χ3v) is 4.16. The molecule has 0 saturated heterocycles. The largest absolute Gasteiger partial charge is 0.490 e. The summed E-state index contributed by atoms with van der Waals surface area (Å²) < 4.78 is 11.5. The van der Waals surface area contributed by atoms with Crippen molar-refractivity contribution in [1.82, 2.24) is 10.3 Å². The zero-order chi connectivity index (χ0) is 20.5. The molecule has 0 aliphatic rings. The van der Waals surface area contributed by atoms with Gasteiger partial charge < -0.3 is 14.8 Å². The molecule has 0 spiro atoms. The van der Waals surface area contributed by atoms with Crippen molar-refractivity contribution in [1.29, 1.82) is 5.26 Å². The molecule has 1 N–H and O–H groups in total. The third-order valence-electron chi connectivity index (χ3n) is 4.16. The highest BCUT2D eigenvalue weighted by Gasteiger charge is 2.12. The Hall–Kier alpha value is -3.85. The van der Waals surface area contributed by atoms with Crippen LogP contribution < -0.4 is 14.8 Å². The minimum absolute atomic E-state index is 0.228. The maximum Gasteiger partial charge on any atom is 0.251 e. The summed E-state index contributed by atoms with van der Waals surface area (Å²) >= 11 is 0. The molecule has 3 rings (SSSR count). The number of rotatable bonds is 8. The summed E-state index contributed by atoms with van der Waals surface area (Å²) in [6, 6.07) is 18.1. The minimum atomic E-state index is -0.228. The van der Waals surface area contributed by atoms with E-state index < -0.39 is 0 Å². The highest BCUT2D eigenvalue weighted by molar-refractivity contribution is 5.94. The molecular formula is C23H21N3O3. The Kier molecular flexibility index (Phi) is 6.80. The molecule has 0 unspecified atom stereocenters. The molecular weight excluding hydrogens is 366 g/mol. The molecule has 1 heterocycles. The fourth-order valence-corrected chi connectivity index (χ4v) is 2.71. The molecule has 0 aliphatic heterocycles. The monoisotopic (exact) mass is 387 g/mol. The molecule has 0 aliphatic carbocycles. The number of hydrogen-bond acceptors (Lipinski definition) is 5. The normalized spacial score (nSPS) is 10.1. The van der Waals surface area contributed by atoms with Crippen molar-refractivity contribution < 1.29 is 14.3 Å². The molecule has 146 valence electrons. The van der Waals surface area contributed by atoms with Crippen LogP contribution in [0.15, 0.2) is 67.0 Å². The van der Waals surface area contributed by atoms with Gasteiger partial charge in [0.25, 0.3) is 5.91 Å². The first-order valence-corrected chi connectivity index (χ1v) is 9.25. The summed E-state index contributed by atoms with van der Waals surface area (Å²) in [5.74, 6) is 0.858. The molecule has 0 saturated carbocycles. The van der Waals surface area contributed by atoms with Gasteiger partial charge in [-0.1, -0.05) is 12.1 Å². The molecule has 1 amide bonds. The Labute approximate surface area is 169 Å². The second kappa shape index (κ2) is 9.90. The van der Waals surface area contributed by atoms with E-state index in [4.69, 9.17) is 14.7 Å². The Balaban J connectivity index is 1.67. The van der Waals surface area contributed by atoms with Crippen LogP contribution in [0.3, 0.4) is 0 Å². The van der Waals surface area contributed by atoms with Crippen molar-refractivity contribution >= 4 is 5.91 Å². The number of aromatic nitrogens is 1. The fourth-order valence-electron chi connectivity index (χ4n) is 2.71. The zero-order valence-electron chi connectivity index (χ0n) is 16.1. The van der Waals surface area contributed by atoms with E-state index in [0.29, 0.717) is 42.4 Å². The number of carbonyl (C=O) groups is 1. The zero-order valence-corrected chi connectivity index (χ0v) is 16.1. The van der Waals surface area contributed by atoms with Crippen molar-refractivity contribution in [3.8, 4) is 17.6 Å². The number of nitrogens with one attached hydrogen (secondary N) is 1. The van der Waals surface area contributed by atoms with Crippen LogP contribution in [0.2, 0.25) is 0 Å². The van der Waals surface area contributed by atoms with E-state index in [0.717, 1.165) is 11.1 Å². The molecule has 6 heteroatoms. The maximum absolute atomic E-state index is 12.5. The van der Waals surface area contributed by atoms with Crippen LogP contribution in [-0.2, 0) is 13.2 Å². The fraction of sp³-hybridized carbons (Fsp3) is 0.174. The van der Waals surface area contributed by atoms with Crippen LogP contribution >= 0.6 is 0 Å². The Morgan fingerprint density at radius 2 is 1.86 bits per heavy atom. The van der Waals surface area contributed by atoms with Crippen LogP contribution in [0, 0.1) is 11.3 Å². The van der Waals surface area contributed by atoms with Crippen LogP contribution in [0.5, 0.6) is 11.5 Å². The van der Waals surface area contributed by atoms with Crippen LogP contribution in [-0.4, -0.2) is 17.5 Å². The highest BCUT2D eigenvalue weighted by atomic mass is 16.5. The predicted octanol–water partition coefficient (Wildman–Crippen LogP) is 3.86. The lowest BCUT2D eigenvalue weighted by Gasteiger charge is -2.13. The van der Waals surface area contributed by atoms with E-state index in [-0.39, 0.29) is 5.91 Å². The molecule has 2 aromatic carbocycles. The summed E-state index contributed by atoms with van der Waals surface area (Å²) in [5.41, 5.74) is 2.89. The van der Waals surface area contributed by atoms with Gasteiger partial charge in [0.1, 0.15) is 6.61 Å². The lowest BCUT2D eigenvalue weighted by atomic mass is 10.1. The molecule has 6 nitrogen and oxygen atoms in total. The summed E-state index contributed by atoms with van der Waals surface area (Å²) in [7, 11) is 0. The minimum Gasteiger partial charge on any atom is -0.490 e. The number of nitriles is 1. The van der Waals surface area contributed by atoms with Crippen molar-refractivity contribution in [2.75, 3.05) is 6.61 Å². The quantitative estimate of drug-likeness (QED) is 0.634. The second-order valence-corrected chi connectivity index (χ2v) is 6.23. The lowest BCUT2D eigenvalue weighted by molar-refractivity contribution is 0.0950. The number of ether oxygens (including phenoxy) is 2. The average molecular weight is 387 g/mol. The summed E-state index contributed by atoms with van der Waals surface area (Å²) in [5, 5.41) is 11.8. The molecule has 0 bridgehead atoms. The van der Waals surface area contributed by atoms with Gasteiger partial charge in [-0.3, -0.25) is 9.78 Å². The average Bonchev–Trinajstić information content (AvgIpc) is 2.77. The smallest absolute Gasteiger partial charge is 0.251 e. The first-order valence-electron chi connectivity index (χ1n) is 9.25. The number of amides is 1. The summed E-state index contributed by atoms with van der Waals surface area (Å²) in [6.07, 6.45) is 3.42. The predicted molar refractivity (Wildman–Crippen MR) is 109 cm³/mol. The number of hydrogen-bond donors (Lipinski definition) is 1. The van der Waals surface area contributed by atoms with E-state index in [2.05, 4.69) is 16.4 Å². The molecule has 3 aromatic rings. The van der Waals surface area contributed by atoms with Gasteiger partial charge in [-0.2, -0.15) is 5.26 Å². The lowest BCUT2D eigenvalue weighted by Crippen LogP contribution is -2.22. The Morgan fingerprint density at radius 1 is 1.03 bits per heavy atom. The third kappa shape index (κ3) is 5.56. The highest BCUT2D eigenvalue weighted by Crippen LogP contribution is 2.29. The van der Waals surface area contributed by atoms with Gasteiger partial charge in [0.15, 0.2) is 11.5 Å². The van der Waals surface area contributed by atoms with E-state index >= 15 is 0 Å². The number of pyridine rings is 1. The van der Waals surface area contributed by atoms with Gasteiger partial charge in [0, 0.05) is 24.5 Å². The number of carbonyl (C=O) groups excluding carboxylic acids is 1. The molecule has 0 fully saturated rings. The molecule has 0 atom stereocenters. The second-order valence-electron chi connectivity index (χ2n) is 6.23. The Morgan fingerprint density at radius 3 is 2.62 bits per heavy atom. The first-order chi connectivity index (χ1) is 14.2. The first kappa shape index (κ1) is 19.9. The van der Waals surface area contributed by atoms with Crippen LogP contribution in [0.25, 0.3) is 0 Å². The van der Waals surface area contributed by atoms with Gasteiger partial charge >= 0.3 is 0 Å². The van der Waals surface area contributed by atoms with Crippen molar-refractivity contribution in [3.63, 3.8) is 0 Å². The van der Waals surface area contributed by atoms with E-state index in [9.17, 15) is 4.79 Å². The standard InChI is InChI=1S/C23H21N3O3/c1-2-28-22-13-20(6-7-21(22)29-16-17-8-10-25-11-9-17)23(27)26-15-19-5-3-4-18(12-19)14-24/h3-13H,2,15-16H2,1H3,(H,26,27). The maximum atomic E-state index is 12.5. The summed E-state index contributed by atoms with van der Waals surface area (Å²) in [4.78, 5) is 16.5. The van der Waals surface area contributed by atoms with E-state index in [1.165, 1.54) is 0 Å².